The van der Waals surface area contributed by atoms with Crippen molar-refractivity contribution in [1.29, 1.82) is 5.26 Å². The van der Waals surface area contributed by atoms with Crippen molar-refractivity contribution in [3.63, 3.8) is 0 Å². The van der Waals surface area contributed by atoms with Crippen LogP contribution < -0.4 is 0 Å². The summed E-state index contributed by atoms with van der Waals surface area (Å²) in [7, 11) is 0. The summed E-state index contributed by atoms with van der Waals surface area (Å²) in [5.74, 6) is 1.95. The monoisotopic (exact) mass is 199 g/mol. The van der Waals surface area contributed by atoms with Crippen LogP contribution in [0.3, 0.4) is 0 Å². The first-order valence-corrected chi connectivity index (χ1v) is 5.82. The molecule has 1 fully saturated rings. The van der Waals surface area contributed by atoms with E-state index in [0.29, 0.717) is 6.61 Å². The molecule has 1 heterocycles. The maximum Gasteiger partial charge on any atom is 0.163 e. The van der Waals surface area contributed by atoms with E-state index in [1.165, 1.54) is 0 Å². The zero-order chi connectivity index (χ0) is 9.95. The molecule has 0 bridgehead atoms. The van der Waals surface area contributed by atoms with Crippen molar-refractivity contribution in [1.82, 2.24) is 0 Å². The molecular formula is C10H17NOS. The Morgan fingerprint density at radius 1 is 1.46 bits per heavy atom. The lowest BCUT2D eigenvalue weighted by atomic mass is 9.82. The fourth-order valence-electron chi connectivity index (χ4n) is 1.84. The fourth-order valence-corrected chi connectivity index (χ4v) is 3.18. The number of hydrogen-bond donors (Lipinski definition) is 0. The van der Waals surface area contributed by atoms with Crippen LogP contribution in [-0.2, 0) is 4.74 Å². The van der Waals surface area contributed by atoms with Gasteiger partial charge in [-0.1, -0.05) is 13.8 Å². The SMILES string of the molecule is CCOC1(C#N)CSCC(C)(C)C1. The third-order valence-electron chi connectivity index (χ3n) is 2.22. The van der Waals surface area contributed by atoms with Gasteiger partial charge in [0.1, 0.15) is 0 Å². The first-order valence-electron chi connectivity index (χ1n) is 4.67. The lowest BCUT2D eigenvalue weighted by Gasteiger charge is -2.39. The van der Waals surface area contributed by atoms with Gasteiger partial charge in [0.25, 0.3) is 0 Å². The summed E-state index contributed by atoms with van der Waals surface area (Å²) < 4.78 is 5.57. The molecule has 2 nitrogen and oxygen atoms in total. The summed E-state index contributed by atoms with van der Waals surface area (Å²) in [6.07, 6.45) is 0.858. The third-order valence-corrected chi connectivity index (χ3v) is 3.87. The van der Waals surface area contributed by atoms with Crippen LogP contribution in [0, 0.1) is 16.7 Å². The van der Waals surface area contributed by atoms with E-state index >= 15 is 0 Å². The maximum absolute atomic E-state index is 9.12. The summed E-state index contributed by atoms with van der Waals surface area (Å²) in [5.41, 5.74) is -0.297. The number of nitriles is 1. The van der Waals surface area contributed by atoms with E-state index in [0.717, 1.165) is 17.9 Å². The van der Waals surface area contributed by atoms with Crippen molar-refractivity contribution in [2.45, 2.75) is 32.8 Å². The number of hydrogen-bond acceptors (Lipinski definition) is 3. The van der Waals surface area contributed by atoms with E-state index < -0.39 is 5.60 Å². The quantitative estimate of drug-likeness (QED) is 0.685. The molecule has 13 heavy (non-hydrogen) atoms. The molecule has 0 radical (unpaired) electrons. The minimum absolute atomic E-state index is 0.230. The van der Waals surface area contributed by atoms with Gasteiger partial charge in [0.15, 0.2) is 5.60 Å². The molecule has 0 aromatic rings. The Balaban J connectivity index is 2.71. The molecule has 0 saturated carbocycles. The van der Waals surface area contributed by atoms with Crippen molar-refractivity contribution in [3.05, 3.63) is 0 Å². The first kappa shape index (κ1) is 10.9. The van der Waals surface area contributed by atoms with Crippen LogP contribution in [0.25, 0.3) is 0 Å². The Morgan fingerprint density at radius 2 is 2.15 bits per heavy atom. The van der Waals surface area contributed by atoms with E-state index in [2.05, 4.69) is 19.9 Å². The predicted octanol–water partition coefficient (Wildman–Crippen LogP) is 2.45. The van der Waals surface area contributed by atoms with E-state index in [9.17, 15) is 0 Å². The first-order chi connectivity index (χ1) is 6.04. The third kappa shape index (κ3) is 2.62. The highest BCUT2D eigenvalue weighted by atomic mass is 32.2. The fraction of sp³-hybridized carbons (Fsp3) is 0.900. The normalized spacial score (nSPS) is 32.5. The Kier molecular flexibility index (Phi) is 3.26. The van der Waals surface area contributed by atoms with Gasteiger partial charge < -0.3 is 4.74 Å². The highest BCUT2D eigenvalue weighted by molar-refractivity contribution is 7.99. The van der Waals surface area contributed by atoms with Crippen molar-refractivity contribution in [3.8, 4) is 6.07 Å². The standard InChI is InChI=1S/C10H17NOS/c1-4-12-10(6-11)5-9(2,3)7-13-8-10/h4-5,7-8H2,1-3H3. The number of nitrogens with zero attached hydrogens (tertiary/aromatic N) is 1. The molecule has 0 spiro atoms. The highest BCUT2D eigenvalue weighted by Crippen LogP contribution is 2.40. The molecule has 1 aliphatic heterocycles. The van der Waals surface area contributed by atoms with Crippen LogP contribution in [0.15, 0.2) is 0 Å². The number of ether oxygens (including phenoxy) is 1. The largest absolute Gasteiger partial charge is 0.360 e. The molecule has 1 rings (SSSR count). The van der Waals surface area contributed by atoms with E-state index in [1.54, 1.807) is 0 Å². The van der Waals surface area contributed by atoms with Crippen LogP contribution in [0.2, 0.25) is 0 Å². The zero-order valence-corrected chi connectivity index (χ0v) is 9.41. The van der Waals surface area contributed by atoms with Gasteiger partial charge in [0, 0.05) is 12.4 Å². The Hall–Kier alpha value is -0.200. The minimum atomic E-state index is -0.527. The molecule has 0 aliphatic carbocycles. The van der Waals surface area contributed by atoms with E-state index in [4.69, 9.17) is 10.00 Å². The van der Waals surface area contributed by atoms with Crippen molar-refractivity contribution >= 4 is 11.8 Å². The summed E-state index contributed by atoms with van der Waals surface area (Å²) in [6.45, 7) is 6.98. The summed E-state index contributed by atoms with van der Waals surface area (Å²) in [4.78, 5) is 0. The second kappa shape index (κ2) is 3.89. The van der Waals surface area contributed by atoms with Crippen LogP contribution >= 0.6 is 11.8 Å². The Bertz CT molecular complexity index is 217. The van der Waals surface area contributed by atoms with Crippen LogP contribution in [0.1, 0.15) is 27.2 Å². The lowest BCUT2D eigenvalue weighted by Crippen LogP contribution is -2.43. The number of rotatable bonds is 2. The van der Waals surface area contributed by atoms with E-state index in [1.807, 2.05) is 18.7 Å². The molecule has 1 atom stereocenters. The van der Waals surface area contributed by atoms with Gasteiger partial charge in [0.05, 0.1) is 6.07 Å². The van der Waals surface area contributed by atoms with Gasteiger partial charge in [-0.2, -0.15) is 17.0 Å². The molecule has 0 aromatic carbocycles. The summed E-state index contributed by atoms with van der Waals surface area (Å²) >= 11 is 1.83. The maximum atomic E-state index is 9.12. The predicted molar refractivity (Wildman–Crippen MR) is 55.7 cm³/mol. The lowest BCUT2D eigenvalue weighted by molar-refractivity contribution is -0.00776. The summed E-state index contributed by atoms with van der Waals surface area (Å²) in [6, 6.07) is 2.33. The van der Waals surface area contributed by atoms with Gasteiger partial charge in [-0.25, -0.2) is 0 Å². The van der Waals surface area contributed by atoms with Crippen molar-refractivity contribution in [2.75, 3.05) is 18.1 Å². The van der Waals surface area contributed by atoms with Gasteiger partial charge in [-0.15, -0.1) is 0 Å². The van der Waals surface area contributed by atoms with Gasteiger partial charge >= 0.3 is 0 Å². The minimum Gasteiger partial charge on any atom is -0.360 e. The van der Waals surface area contributed by atoms with Crippen LogP contribution in [0.4, 0.5) is 0 Å². The van der Waals surface area contributed by atoms with E-state index in [-0.39, 0.29) is 5.41 Å². The average molecular weight is 199 g/mol. The molecule has 74 valence electrons. The van der Waals surface area contributed by atoms with Crippen molar-refractivity contribution in [2.24, 2.45) is 5.41 Å². The van der Waals surface area contributed by atoms with Crippen molar-refractivity contribution < 1.29 is 4.74 Å². The zero-order valence-electron chi connectivity index (χ0n) is 8.59. The molecule has 1 unspecified atom stereocenters. The van der Waals surface area contributed by atoms with Gasteiger partial charge in [0.2, 0.25) is 0 Å². The Labute approximate surface area is 84.6 Å². The van der Waals surface area contributed by atoms with Crippen LogP contribution in [-0.4, -0.2) is 23.7 Å². The highest BCUT2D eigenvalue weighted by Gasteiger charge is 2.41. The average Bonchev–Trinajstić information content (AvgIpc) is 2.03. The molecule has 0 N–H and O–H groups in total. The number of thioether (sulfide) groups is 1. The van der Waals surface area contributed by atoms with Gasteiger partial charge in [-0.05, 0) is 24.5 Å². The molecule has 3 heteroatoms. The van der Waals surface area contributed by atoms with Gasteiger partial charge in [-0.3, -0.25) is 0 Å². The second-order valence-electron chi connectivity index (χ2n) is 4.37. The molecule has 1 saturated heterocycles. The topological polar surface area (TPSA) is 33.0 Å². The molecule has 0 amide bonds. The Morgan fingerprint density at radius 3 is 2.62 bits per heavy atom. The molecule has 0 aromatic heterocycles. The molecular weight excluding hydrogens is 182 g/mol. The molecule has 1 aliphatic rings. The van der Waals surface area contributed by atoms with Crippen LogP contribution in [0.5, 0.6) is 0 Å². The summed E-state index contributed by atoms with van der Waals surface area (Å²) in [5, 5.41) is 9.12. The second-order valence-corrected chi connectivity index (χ2v) is 5.36. The smallest absolute Gasteiger partial charge is 0.163 e.